The zero-order valence-electron chi connectivity index (χ0n) is 21.3. The number of hydrogen-bond donors (Lipinski definition) is 0. The molecule has 2 spiro atoms. The minimum atomic E-state index is 0.697. The molecule has 3 heterocycles. The Morgan fingerprint density at radius 3 is 1.81 bits per heavy atom. The standard InChI is InChI=1S/C28H51N3/c1-23(2)19-27(9-10-27)20-29-15-11-28(12-16-29)21-31(22-28)25-5-7-26(8-6-25)13-17-30(18-14-26)24(3)4/h23-25H,5-22H2,1-4H3. The molecule has 2 saturated carbocycles. The van der Waals surface area contributed by atoms with Gasteiger partial charge in [0.1, 0.15) is 0 Å². The minimum absolute atomic E-state index is 0.697. The third-order valence-corrected chi connectivity index (χ3v) is 10.5. The van der Waals surface area contributed by atoms with Crippen LogP contribution in [0.4, 0.5) is 0 Å². The summed E-state index contributed by atoms with van der Waals surface area (Å²) in [4.78, 5) is 8.46. The van der Waals surface area contributed by atoms with Crippen molar-refractivity contribution in [3.63, 3.8) is 0 Å². The second kappa shape index (κ2) is 8.58. The number of piperidine rings is 2. The number of nitrogens with zero attached hydrogens (tertiary/aromatic N) is 3. The Morgan fingerprint density at radius 2 is 1.29 bits per heavy atom. The second-order valence-electron chi connectivity index (χ2n) is 13.6. The fourth-order valence-electron chi connectivity index (χ4n) is 8.11. The van der Waals surface area contributed by atoms with E-state index in [1.165, 1.54) is 116 Å². The molecule has 31 heavy (non-hydrogen) atoms. The lowest BCUT2D eigenvalue weighted by atomic mass is 9.65. The predicted octanol–water partition coefficient (Wildman–Crippen LogP) is 5.64. The fourth-order valence-corrected chi connectivity index (χ4v) is 8.11. The molecule has 5 aliphatic rings. The lowest BCUT2D eigenvalue weighted by molar-refractivity contribution is -0.0886. The van der Waals surface area contributed by atoms with Crippen LogP contribution in [0.25, 0.3) is 0 Å². The Labute approximate surface area is 193 Å². The molecule has 0 N–H and O–H groups in total. The van der Waals surface area contributed by atoms with Crippen molar-refractivity contribution in [3.8, 4) is 0 Å². The van der Waals surface area contributed by atoms with E-state index in [1.807, 2.05) is 0 Å². The van der Waals surface area contributed by atoms with Crippen molar-refractivity contribution in [2.24, 2.45) is 22.2 Å². The van der Waals surface area contributed by atoms with Crippen LogP contribution in [0.3, 0.4) is 0 Å². The molecule has 0 atom stereocenters. The highest BCUT2D eigenvalue weighted by molar-refractivity contribution is 5.04. The summed E-state index contributed by atoms with van der Waals surface area (Å²) in [6.07, 6.45) is 16.3. The highest BCUT2D eigenvalue weighted by atomic mass is 15.3. The van der Waals surface area contributed by atoms with E-state index in [1.54, 1.807) is 0 Å². The van der Waals surface area contributed by atoms with Crippen molar-refractivity contribution in [1.82, 2.24) is 14.7 Å². The lowest BCUT2D eigenvalue weighted by Crippen LogP contribution is -2.63. The maximum Gasteiger partial charge on any atom is 0.00961 e. The minimum Gasteiger partial charge on any atom is -0.303 e. The highest BCUT2D eigenvalue weighted by Crippen LogP contribution is 2.53. The van der Waals surface area contributed by atoms with Crippen LogP contribution in [0, 0.1) is 22.2 Å². The molecule has 178 valence electrons. The molecule has 3 saturated heterocycles. The lowest BCUT2D eigenvalue weighted by Gasteiger charge is -2.58. The molecular formula is C28H51N3. The van der Waals surface area contributed by atoms with Crippen LogP contribution in [0.2, 0.25) is 0 Å². The SMILES string of the molecule is CC(C)CC1(CN2CCC3(CC2)CN(C2CCC4(CC2)CCN(C(C)C)CC4)C3)CC1. The number of likely N-dealkylation sites (tertiary alicyclic amines) is 3. The van der Waals surface area contributed by atoms with Crippen LogP contribution >= 0.6 is 0 Å². The molecule has 3 aliphatic heterocycles. The van der Waals surface area contributed by atoms with Gasteiger partial charge in [-0.05, 0) is 133 Å². The molecule has 0 unspecified atom stereocenters. The number of rotatable bonds is 6. The average molecular weight is 430 g/mol. The largest absolute Gasteiger partial charge is 0.303 e. The summed E-state index contributed by atoms with van der Waals surface area (Å²) in [5.74, 6) is 0.871. The quantitative estimate of drug-likeness (QED) is 0.541. The van der Waals surface area contributed by atoms with Gasteiger partial charge in [0.25, 0.3) is 0 Å². The predicted molar refractivity (Wildman–Crippen MR) is 131 cm³/mol. The van der Waals surface area contributed by atoms with E-state index in [4.69, 9.17) is 0 Å². The van der Waals surface area contributed by atoms with Crippen molar-refractivity contribution < 1.29 is 0 Å². The fraction of sp³-hybridized carbons (Fsp3) is 1.00. The van der Waals surface area contributed by atoms with E-state index in [0.29, 0.717) is 16.2 Å². The monoisotopic (exact) mass is 429 g/mol. The molecule has 0 aromatic carbocycles. The molecule has 2 aliphatic carbocycles. The van der Waals surface area contributed by atoms with Crippen LogP contribution < -0.4 is 0 Å². The van der Waals surface area contributed by atoms with E-state index < -0.39 is 0 Å². The molecule has 3 nitrogen and oxygen atoms in total. The Bertz CT molecular complexity index is 588. The van der Waals surface area contributed by atoms with Gasteiger partial charge in [-0.1, -0.05) is 13.8 Å². The Balaban J connectivity index is 1.03. The smallest absolute Gasteiger partial charge is 0.00961 e. The maximum absolute atomic E-state index is 2.91. The topological polar surface area (TPSA) is 9.72 Å². The third-order valence-electron chi connectivity index (χ3n) is 10.5. The van der Waals surface area contributed by atoms with E-state index in [-0.39, 0.29) is 0 Å². The summed E-state index contributed by atoms with van der Waals surface area (Å²) in [6.45, 7) is 19.3. The first-order valence-electron chi connectivity index (χ1n) is 14.0. The maximum atomic E-state index is 2.91. The van der Waals surface area contributed by atoms with E-state index in [9.17, 15) is 0 Å². The zero-order chi connectivity index (χ0) is 21.7. The number of hydrogen-bond acceptors (Lipinski definition) is 3. The normalized spacial score (nSPS) is 31.5. The summed E-state index contributed by atoms with van der Waals surface area (Å²) >= 11 is 0. The van der Waals surface area contributed by atoms with Gasteiger partial charge >= 0.3 is 0 Å². The molecule has 3 heteroatoms. The first kappa shape index (κ1) is 22.7. The van der Waals surface area contributed by atoms with Crippen LogP contribution in [0.5, 0.6) is 0 Å². The Morgan fingerprint density at radius 1 is 0.710 bits per heavy atom. The molecule has 0 amide bonds. The van der Waals surface area contributed by atoms with E-state index in [2.05, 4.69) is 42.4 Å². The van der Waals surface area contributed by atoms with Crippen LogP contribution in [-0.4, -0.2) is 72.6 Å². The van der Waals surface area contributed by atoms with Crippen LogP contribution in [0.1, 0.15) is 98.3 Å². The highest BCUT2D eigenvalue weighted by Gasteiger charge is 2.50. The van der Waals surface area contributed by atoms with Crippen molar-refractivity contribution in [1.29, 1.82) is 0 Å². The van der Waals surface area contributed by atoms with Gasteiger partial charge in [0.2, 0.25) is 0 Å². The second-order valence-corrected chi connectivity index (χ2v) is 13.6. The summed E-state index contributed by atoms with van der Waals surface area (Å²) in [6, 6.07) is 1.65. The van der Waals surface area contributed by atoms with Gasteiger partial charge in [0.15, 0.2) is 0 Å². The van der Waals surface area contributed by atoms with Gasteiger partial charge in [0.05, 0.1) is 0 Å². The van der Waals surface area contributed by atoms with E-state index in [0.717, 1.165) is 18.0 Å². The summed E-state index contributed by atoms with van der Waals surface area (Å²) in [5, 5.41) is 0. The molecule has 0 radical (unpaired) electrons. The molecular weight excluding hydrogens is 378 g/mol. The van der Waals surface area contributed by atoms with Crippen LogP contribution in [0.15, 0.2) is 0 Å². The van der Waals surface area contributed by atoms with Gasteiger partial charge < -0.3 is 9.80 Å². The third kappa shape index (κ3) is 4.90. The van der Waals surface area contributed by atoms with Crippen LogP contribution in [-0.2, 0) is 0 Å². The van der Waals surface area contributed by atoms with Gasteiger partial charge in [-0.25, -0.2) is 0 Å². The Kier molecular flexibility index (Phi) is 6.28. The molecule has 0 aromatic rings. The van der Waals surface area contributed by atoms with Crippen molar-refractivity contribution in [3.05, 3.63) is 0 Å². The van der Waals surface area contributed by atoms with Crippen molar-refractivity contribution >= 4 is 0 Å². The van der Waals surface area contributed by atoms with Gasteiger partial charge in [-0.2, -0.15) is 0 Å². The van der Waals surface area contributed by atoms with Gasteiger partial charge in [-0.3, -0.25) is 4.90 Å². The van der Waals surface area contributed by atoms with Crippen molar-refractivity contribution in [2.45, 2.75) is 110 Å². The summed E-state index contributed by atoms with van der Waals surface area (Å²) < 4.78 is 0. The summed E-state index contributed by atoms with van der Waals surface area (Å²) in [5.41, 5.74) is 2.13. The zero-order valence-corrected chi connectivity index (χ0v) is 21.3. The Hall–Kier alpha value is -0.120. The summed E-state index contributed by atoms with van der Waals surface area (Å²) in [7, 11) is 0. The average Bonchev–Trinajstić information content (AvgIpc) is 3.46. The van der Waals surface area contributed by atoms with Crippen molar-refractivity contribution in [2.75, 3.05) is 45.8 Å². The van der Waals surface area contributed by atoms with Gasteiger partial charge in [-0.15, -0.1) is 0 Å². The van der Waals surface area contributed by atoms with Gasteiger partial charge in [0, 0.05) is 31.7 Å². The molecule has 5 fully saturated rings. The molecule has 5 rings (SSSR count). The molecule has 0 aromatic heterocycles. The first-order valence-corrected chi connectivity index (χ1v) is 14.0. The van der Waals surface area contributed by atoms with E-state index >= 15 is 0 Å². The first-order chi connectivity index (χ1) is 14.8. The molecule has 0 bridgehead atoms.